The van der Waals surface area contributed by atoms with Crippen LogP contribution in [0.4, 0.5) is 0 Å². The first-order valence-electron chi connectivity index (χ1n) is 6.16. The van der Waals surface area contributed by atoms with Gasteiger partial charge in [0.25, 0.3) is 0 Å². The zero-order valence-corrected chi connectivity index (χ0v) is 11.5. The highest BCUT2D eigenvalue weighted by molar-refractivity contribution is 6.31. The van der Waals surface area contributed by atoms with Gasteiger partial charge in [-0.3, -0.25) is 4.90 Å². The van der Waals surface area contributed by atoms with Crippen LogP contribution in [0.5, 0.6) is 0 Å². The van der Waals surface area contributed by atoms with Gasteiger partial charge in [-0.2, -0.15) is 5.26 Å². The van der Waals surface area contributed by atoms with E-state index in [-0.39, 0.29) is 0 Å². The van der Waals surface area contributed by atoms with Gasteiger partial charge in [-0.1, -0.05) is 24.6 Å². The summed E-state index contributed by atoms with van der Waals surface area (Å²) in [6.45, 7) is 4.49. The van der Waals surface area contributed by atoms with Gasteiger partial charge in [0.2, 0.25) is 0 Å². The number of furan rings is 1. The summed E-state index contributed by atoms with van der Waals surface area (Å²) >= 11 is 6.19. The lowest BCUT2D eigenvalue weighted by molar-refractivity contribution is 0.248. The van der Waals surface area contributed by atoms with Crippen LogP contribution in [0.25, 0.3) is 0 Å². The van der Waals surface area contributed by atoms with E-state index in [1.165, 1.54) is 0 Å². The molecule has 0 radical (unpaired) electrons. The van der Waals surface area contributed by atoms with Gasteiger partial charge in [0, 0.05) is 11.6 Å². The minimum Gasteiger partial charge on any atom is -0.468 e. The first kappa shape index (κ1) is 13.7. The molecule has 0 fully saturated rings. The minimum atomic E-state index is 0.586. The highest BCUT2D eigenvalue weighted by Gasteiger charge is 2.09. The summed E-state index contributed by atoms with van der Waals surface area (Å²) in [5.41, 5.74) is 1.61. The average Bonchev–Trinajstić information content (AvgIpc) is 2.92. The zero-order valence-electron chi connectivity index (χ0n) is 10.8. The summed E-state index contributed by atoms with van der Waals surface area (Å²) in [4.78, 5) is 2.23. The molecule has 1 aromatic carbocycles. The molecule has 0 aliphatic carbocycles. The Kier molecular flexibility index (Phi) is 4.62. The monoisotopic (exact) mass is 274 g/mol. The second-order valence-electron chi connectivity index (χ2n) is 4.30. The molecule has 2 rings (SSSR count). The molecule has 1 aromatic heterocycles. The molecule has 0 atom stereocenters. The van der Waals surface area contributed by atoms with Crippen molar-refractivity contribution in [2.45, 2.75) is 20.0 Å². The van der Waals surface area contributed by atoms with Crippen LogP contribution in [-0.4, -0.2) is 11.4 Å². The van der Waals surface area contributed by atoms with E-state index < -0.39 is 0 Å². The van der Waals surface area contributed by atoms with Gasteiger partial charge < -0.3 is 4.42 Å². The summed E-state index contributed by atoms with van der Waals surface area (Å²) in [7, 11) is 0. The average molecular weight is 275 g/mol. The van der Waals surface area contributed by atoms with Crippen LogP contribution < -0.4 is 0 Å². The van der Waals surface area contributed by atoms with Crippen LogP contribution in [0.3, 0.4) is 0 Å². The van der Waals surface area contributed by atoms with Gasteiger partial charge in [0.05, 0.1) is 24.4 Å². The molecule has 4 heteroatoms. The molecule has 0 N–H and O–H groups in total. The highest BCUT2D eigenvalue weighted by Crippen LogP contribution is 2.20. The third kappa shape index (κ3) is 3.60. The van der Waals surface area contributed by atoms with E-state index in [9.17, 15) is 0 Å². The van der Waals surface area contributed by atoms with Gasteiger partial charge in [0.1, 0.15) is 5.76 Å². The molecule has 0 saturated carbocycles. The van der Waals surface area contributed by atoms with E-state index in [0.29, 0.717) is 10.6 Å². The number of hydrogen-bond acceptors (Lipinski definition) is 3. The lowest BCUT2D eigenvalue weighted by Crippen LogP contribution is -2.22. The summed E-state index contributed by atoms with van der Waals surface area (Å²) < 4.78 is 5.35. The number of nitriles is 1. The molecule has 2 aromatic rings. The smallest absolute Gasteiger partial charge is 0.117 e. The maximum absolute atomic E-state index is 8.82. The van der Waals surface area contributed by atoms with Crippen LogP contribution in [0.1, 0.15) is 23.8 Å². The fourth-order valence-electron chi connectivity index (χ4n) is 1.89. The van der Waals surface area contributed by atoms with Gasteiger partial charge in [-0.15, -0.1) is 0 Å². The SMILES string of the molecule is CCN(Cc1ccco1)Cc1ccc(C#N)cc1Cl. The molecule has 0 saturated heterocycles. The van der Waals surface area contributed by atoms with Crippen LogP contribution in [-0.2, 0) is 13.1 Å². The Balaban J connectivity index is 2.08. The first-order chi connectivity index (χ1) is 9.22. The molecule has 0 spiro atoms. The standard InChI is InChI=1S/C15H15ClN2O/c1-2-18(11-14-4-3-7-19-14)10-13-6-5-12(9-17)8-15(13)16/h3-8H,2,10-11H2,1H3. The highest BCUT2D eigenvalue weighted by atomic mass is 35.5. The fraction of sp³-hybridized carbons (Fsp3) is 0.267. The van der Waals surface area contributed by atoms with Crippen molar-refractivity contribution in [3.8, 4) is 6.07 Å². The topological polar surface area (TPSA) is 40.2 Å². The number of hydrogen-bond donors (Lipinski definition) is 0. The largest absolute Gasteiger partial charge is 0.468 e. The molecule has 0 aliphatic heterocycles. The molecule has 19 heavy (non-hydrogen) atoms. The van der Waals surface area contributed by atoms with Gasteiger partial charge in [0.15, 0.2) is 0 Å². The second-order valence-corrected chi connectivity index (χ2v) is 4.71. The molecule has 0 bridgehead atoms. The zero-order chi connectivity index (χ0) is 13.7. The molecule has 98 valence electrons. The predicted octanol–water partition coefficient (Wildman–Crippen LogP) is 3.83. The Bertz CT molecular complexity index is 572. The summed E-state index contributed by atoms with van der Waals surface area (Å²) in [5.74, 6) is 0.937. The van der Waals surface area contributed by atoms with Crippen LogP contribution in [0.15, 0.2) is 41.0 Å². The lowest BCUT2D eigenvalue weighted by atomic mass is 10.1. The molecule has 0 aliphatic rings. The lowest BCUT2D eigenvalue weighted by Gasteiger charge is -2.19. The molecular weight excluding hydrogens is 260 g/mol. The molecule has 1 heterocycles. The van der Waals surface area contributed by atoms with Crippen molar-refractivity contribution in [2.24, 2.45) is 0 Å². The Morgan fingerprint density at radius 3 is 2.74 bits per heavy atom. The Hall–Kier alpha value is -1.76. The van der Waals surface area contributed by atoms with E-state index in [1.807, 2.05) is 18.2 Å². The number of benzene rings is 1. The second kappa shape index (κ2) is 6.42. The van der Waals surface area contributed by atoms with E-state index in [2.05, 4.69) is 17.9 Å². The van der Waals surface area contributed by atoms with Crippen molar-refractivity contribution < 1.29 is 4.42 Å². The van der Waals surface area contributed by atoms with E-state index in [0.717, 1.165) is 31.0 Å². The maximum atomic E-state index is 8.82. The van der Waals surface area contributed by atoms with Crippen LogP contribution in [0, 0.1) is 11.3 Å². The third-order valence-corrected chi connectivity index (χ3v) is 3.33. The maximum Gasteiger partial charge on any atom is 0.117 e. The quantitative estimate of drug-likeness (QED) is 0.832. The molecule has 0 amide bonds. The van der Waals surface area contributed by atoms with Crippen molar-refractivity contribution in [2.75, 3.05) is 6.54 Å². The predicted molar refractivity (Wildman–Crippen MR) is 74.7 cm³/mol. The molecule has 0 unspecified atom stereocenters. The van der Waals surface area contributed by atoms with Crippen molar-refractivity contribution in [1.82, 2.24) is 4.90 Å². The van der Waals surface area contributed by atoms with Gasteiger partial charge in [-0.25, -0.2) is 0 Å². The fourth-order valence-corrected chi connectivity index (χ4v) is 2.13. The molecular formula is C15H15ClN2O. The third-order valence-electron chi connectivity index (χ3n) is 2.98. The Labute approximate surface area is 118 Å². The van der Waals surface area contributed by atoms with Gasteiger partial charge in [-0.05, 0) is 36.4 Å². The molecule has 3 nitrogen and oxygen atoms in total. The number of rotatable bonds is 5. The van der Waals surface area contributed by atoms with Crippen LogP contribution in [0.2, 0.25) is 5.02 Å². The van der Waals surface area contributed by atoms with Gasteiger partial charge >= 0.3 is 0 Å². The van der Waals surface area contributed by atoms with Crippen molar-refractivity contribution in [3.05, 3.63) is 58.5 Å². The first-order valence-corrected chi connectivity index (χ1v) is 6.54. The summed E-state index contributed by atoms with van der Waals surface area (Å²) in [6.07, 6.45) is 1.68. The van der Waals surface area contributed by atoms with E-state index >= 15 is 0 Å². The van der Waals surface area contributed by atoms with Crippen molar-refractivity contribution >= 4 is 11.6 Å². The van der Waals surface area contributed by atoms with Crippen LogP contribution >= 0.6 is 11.6 Å². The van der Waals surface area contributed by atoms with E-state index in [4.69, 9.17) is 21.3 Å². The van der Waals surface area contributed by atoms with Crippen molar-refractivity contribution in [3.63, 3.8) is 0 Å². The normalized spacial score (nSPS) is 10.6. The number of halogens is 1. The van der Waals surface area contributed by atoms with Crippen molar-refractivity contribution in [1.29, 1.82) is 5.26 Å². The summed E-state index contributed by atoms with van der Waals surface area (Å²) in [5, 5.41) is 9.46. The van der Waals surface area contributed by atoms with E-state index in [1.54, 1.807) is 18.4 Å². The number of nitrogens with zero attached hydrogens (tertiary/aromatic N) is 2. The Morgan fingerprint density at radius 1 is 1.32 bits per heavy atom. The summed E-state index contributed by atoms with van der Waals surface area (Å²) in [6, 6.07) is 11.3. The Morgan fingerprint density at radius 2 is 2.16 bits per heavy atom. The minimum absolute atomic E-state index is 0.586.